The van der Waals surface area contributed by atoms with Crippen molar-refractivity contribution < 1.29 is 0 Å². The van der Waals surface area contributed by atoms with Gasteiger partial charge in [0.05, 0.1) is 0 Å². The summed E-state index contributed by atoms with van der Waals surface area (Å²) >= 11 is 0. The Hall–Kier alpha value is -1.97. The minimum absolute atomic E-state index is 0.543. The van der Waals surface area contributed by atoms with E-state index < -0.39 is 0 Å². The number of pyridine rings is 1. The molecular weight excluding hydrogens is 248 g/mol. The van der Waals surface area contributed by atoms with E-state index in [2.05, 4.69) is 34.8 Å². The lowest BCUT2D eigenvalue weighted by Gasteiger charge is -2.23. The molecule has 20 heavy (non-hydrogen) atoms. The monoisotopic (exact) mass is 268 g/mol. The third-order valence-corrected chi connectivity index (χ3v) is 3.84. The first-order valence-electron chi connectivity index (χ1n) is 7.16. The molecule has 0 aliphatic carbocycles. The summed E-state index contributed by atoms with van der Waals surface area (Å²) in [7, 11) is 0. The molecule has 0 amide bonds. The van der Waals surface area contributed by atoms with E-state index in [4.69, 9.17) is 4.98 Å². The number of hydrogen-bond acceptors (Lipinski definition) is 4. The van der Waals surface area contributed by atoms with Crippen molar-refractivity contribution in [2.75, 3.05) is 11.4 Å². The fraction of sp³-hybridized carbons (Fsp3) is 0.438. The van der Waals surface area contributed by atoms with Crippen LogP contribution in [-0.2, 0) is 0 Å². The van der Waals surface area contributed by atoms with Crippen LogP contribution >= 0.6 is 0 Å². The van der Waals surface area contributed by atoms with Crippen molar-refractivity contribution in [1.82, 2.24) is 15.0 Å². The van der Waals surface area contributed by atoms with Crippen molar-refractivity contribution >= 4 is 5.82 Å². The molecule has 0 N–H and O–H groups in total. The third-order valence-electron chi connectivity index (χ3n) is 3.84. The second-order valence-electron chi connectivity index (χ2n) is 5.78. The maximum Gasteiger partial charge on any atom is 0.163 e. The Kier molecular flexibility index (Phi) is 3.38. The second kappa shape index (κ2) is 5.19. The third kappa shape index (κ3) is 2.50. The van der Waals surface area contributed by atoms with E-state index in [1.807, 2.05) is 25.3 Å². The molecule has 2 aromatic rings. The maximum atomic E-state index is 4.75. The van der Waals surface area contributed by atoms with Crippen LogP contribution in [0.5, 0.6) is 0 Å². The highest BCUT2D eigenvalue weighted by Gasteiger charge is 2.27. The quantitative estimate of drug-likeness (QED) is 0.839. The first-order valence-corrected chi connectivity index (χ1v) is 7.16. The van der Waals surface area contributed by atoms with Gasteiger partial charge in [0, 0.05) is 42.3 Å². The van der Waals surface area contributed by atoms with E-state index >= 15 is 0 Å². The van der Waals surface area contributed by atoms with Crippen LogP contribution in [0.3, 0.4) is 0 Å². The number of hydrogen-bond donors (Lipinski definition) is 0. The fourth-order valence-electron chi connectivity index (χ4n) is 2.94. The summed E-state index contributed by atoms with van der Waals surface area (Å²) in [4.78, 5) is 15.8. The van der Waals surface area contributed by atoms with Crippen LogP contribution in [0.1, 0.15) is 26.0 Å². The average molecular weight is 268 g/mol. The molecule has 104 valence electrons. The minimum atomic E-state index is 0.543. The van der Waals surface area contributed by atoms with Gasteiger partial charge in [-0.1, -0.05) is 6.92 Å². The minimum Gasteiger partial charge on any atom is -0.354 e. The van der Waals surface area contributed by atoms with Gasteiger partial charge in [0.25, 0.3) is 0 Å². The van der Waals surface area contributed by atoms with Crippen molar-refractivity contribution in [2.45, 2.75) is 33.2 Å². The zero-order chi connectivity index (χ0) is 14.1. The van der Waals surface area contributed by atoms with Gasteiger partial charge in [-0.3, -0.25) is 4.98 Å². The van der Waals surface area contributed by atoms with Crippen molar-refractivity contribution in [1.29, 1.82) is 0 Å². The van der Waals surface area contributed by atoms with Gasteiger partial charge < -0.3 is 4.90 Å². The zero-order valence-corrected chi connectivity index (χ0v) is 12.2. The van der Waals surface area contributed by atoms with E-state index in [1.54, 1.807) is 6.20 Å². The number of aromatic nitrogens is 3. The van der Waals surface area contributed by atoms with E-state index in [0.717, 1.165) is 35.4 Å². The Morgan fingerprint density at radius 2 is 2.10 bits per heavy atom. The average Bonchev–Trinajstić information content (AvgIpc) is 2.78. The lowest BCUT2D eigenvalue weighted by atomic mass is 10.1. The lowest BCUT2D eigenvalue weighted by molar-refractivity contribution is 0.625. The molecule has 1 fully saturated rings. The standard InChI is InChI=1S/C16H20N4/c1-11-7-13(3)20(10-11)15-8-12(2)18-16(19-15)14-5-4-6-17-9-14/h4-6,8-9,11,13H,7,10H2,1-3H3/t11-,13+/m0/s1. The molecule has 1 aliphatic heterocycles. The predicted octanol–water partition coefficient (Wildman–Crippen LogP) is 3.08. The van der Waals surface area contributed by atoms with Crippen LogP contribution in [0.2, 0.25) is 0 Å². The summed E-state index contributed by atoms with van der Waals surface area (Å²) in [6.45, 7) is 7.66. The first-order chi connectivity index (χ1) is 9.63. The van der Waals surface area contributed by atoms with Crippen LogP contribution in [0.15, 0.2) is 30.6 Å². The summed E-state index contributed by atoms with van der Waals surface area (Å²) in [6.07, 6.45) is 4.81. The molecule has 3 rings (SSSR count). The Balaban J connectivity index is 1.99. The summed E-state index contributed by atoms with van der Waals surface area (Å²) in [5.41, 5.74) is 1.97. The Bertz CT molecular complexity index is 597. The van der Waals surface area contributed by atoms with Crippen LogP contribution in [0.25, 0.3) is 11.4 Å². The summed E-state index contributed by atoms with van der Waals surface area (Å²) in [6, 6.07) is 6.54. The summed E-state index contributed by atoms with van der Waals surface area (Å²) in [5, 5.41) is 0. The van der Waals surface area contributed by atoms with Crippen LogP contribution in [-0.4, -0.2) is 27.5 Å². The van der Waals surface area contributed by atoms with E-state index in [9.17, 15) is 0 Å². The Labute approximate surface area is 119 Å². The van der Waals surface area contributed by atoms with E-state index in [0.29, 0.717) is 6.04 Å². The molecule has 0 unspecified atom stereocenters. The van der Waals surface area contributed by atoms with Crippen molar-refractivity contribution in [2.24, 2.45) is 5.92 Å². The van der Waals surface area contributed by atoms with Gasteiger partial charge in [0.15, 0.2) is 5.82 Å². The number of nitrogens with zero attached hydrogens (tertiary/aromatic N) is 4. The molecule has 0 saturated carbocycles. The molecule has 3 heterocycles. The molecule has 0 radical (unpaired) electrons. The molecule has 0 spiro atoms. The van der Waals surface area contributed by atoms with Gasteiger partial charge >= 0.3 is 0 Å². The highest BCUT2D eigenvalue weighted by Crippen LogP contribution is 2.28. The first kappa shape index (κ1) is 13.0. The van der Waals surface area contributed by atoms with E-state index in [1.165, 1.54) is 6.42 Å². The van der Waals surface area contributed by atoms with Crippen molar-refractivity contribution in [3.8, 4) is 11.4 Å². The topological polar surface area (TPSA) is 41.9 Å². The molecule has 0 bridgehead atoms. The number of rotatable bonds is 2. The maximum absolute atomic E-state index is 4.75. The van der Waals surface area contributed by atoms with Crippen molar-refractivity contribution in [3.63, 3.8) is 0 Å². The molecular formula is C16H20N4. The Morgan fingerprint density at radius 3 is 2.75 bits per heavy atom. The smallest absolute Gasteiger partial charge is 0.163 e. The van der Waals surface area contributed by atoms with Gasteiger partial charge in [-0.15, -0.1) is 0 Å². The van der Waals surface area contributed by atoms with Crippen molar-refractivity contribution in [3.05, 3.63) is 36.3 Å². The highest BCUT2D eigenvalue weighted by atomic mass is 15.2. The molecule has 4 heteroatoms. The molecule has 1 saturated heterocycles. The number of anilines is 1. The van der Waals surface area contributed by atoms with E-state index in [-0.39, 0.29) is 0 Å². The van der Waals surface area contributed by atoms with Crippen LogP contribution in [0, 0.1) is 12.8 Å². The van der Waals surface area contributed by atoms with Gasteiger partial charge in [0.2, 0.25) is 0 Å². The molecule has 0 aromatic carbocycles. The molecule has 4 nitrogen and oxygen atoms in total. The Morgan fingerprint density at radius 1 is 1.25 bits per heavy atom. The van der Waals surface area contributed by atoms with Gasteiger partial charge in [-0.2, -0.15) is 0 Å². The largest absolute Gasteiger partial charge is 0.354 e. The van der Waals surface area contributed by atoms with Crippen LogP contribution < -0.4 is 4.90 Å². The van der Waals surface area contributed by atoms with Gasteiger partial charge in [-0.05, 0) is 38.3 Å². The molecule has 1 aliphatic rings. The zero-order valence-electron chi connectivity index (χ0n) is 12.2. The second-order valence-corrected chi connectivity index (χ2v) is 5.78. The molecule has 2 atom stereocenters. The predicted molar refractivity (Wildman–Crippen MR) is 80.6 cm³/mol. The summed E-state index contributed by atoms with van der Waals surface area (Å²) < 4.78 is 0. The fourth-order valence-corrected chi connectivity index (χ4v) is 2.94. The molecule has 2 aromatic heterocycles. The van der Waals surface area contributed by atoms with Gasteiger partial charge in [-0.25, -0.2) is 9.97 Å². The highest BCUT2D eigenvalue weighted by molar-refractivity contribution is 5.57. The number of aryl methyl sites for hydroxylation is 1. The SMILES string of the molecule is Cc1cc(N2C[C@@H](C)C[C@H]2C)nc(-c2cccnc2)n1. The lowest BCUT2D eigenvalue weighted by Crippen LogP contribution is -2.27. The van der Waals surface area contributed by atoms with Gasteiger partial charge in [0.1, 0.15) is 5.82 Å². The summed E-state index contributed by atoms with van der Waals surface area (Å²) in [5.74, 6) is 2.52. The normalized spacial score (nSPS) is 22.2. The van der Waals surface area contributed by atoms with Crippen LogP contribution in [0.4, 0.5) is 5.82 Å².